The van der Waals surface area contributed by atoms with E-state index >= 15 is 0 Å². The molecule has 30 heavy (non-hydrogen) atoms. The Labute approximate surface area is 174 Å². The molecule has 0 spiro atoms. The van der Waals surface area contributed by atoms with Gasteiger partial charge in [0.15, 0.2) is 11.5 Å². The van der Waals surface area contributed by atoms with E-state index in [2.05, 4.69) is 40.6 Å². The topological polar surface area (TPSA) is 46.3 Å². The van der Waals surface area contributed by atoms with Gasteiger partial charge in [-0.1, -0.05) is 36.4 Å². The van der Waals surface area contributed by atoms with E-state index in [1.165, 1.54) is 34.3 Å². The van der Waals surface area contributed by atoms with Crippen LogP contribution < -0.4 is 14.8 Å². The van der Waals surface area contributed by atoms with E-state index in [-0.39, 0.29) is 11.9 Å². The first-order chi connectivity index (χ1) is 14.7. The van der Waals surface area contributed by atoms with E-state index in [0.717, 1.165) is 24.1 Å². The van der Waals surface area contributed by atoms with Crippen LogP contribution in [0, 0.1) is 5.82 Å². The standard InChI is InChI=1S/C25H23FN2O2/c1-29-23-14-17(8-11-22(23)30-15-16-6-9-18(26)10-7-16)24-25-20(12-13-27-24)19-4-2-3-5-21(19)28-25/h2-11,14,24,27-28H,12-13,15H2,1H3. The van der Waals surface area contributed by atoms with Crippen molar-refractivity contribution in [2.24, 2.45) is 0 Å². The minimum atomic E-state index is -0.253. The lowest BCUT2D eigenvalue weighted by Crippen LogP contribution is -2.30. The number of aromatic nitrogens is 1. The first kappa shape index (κ1) is 18.7. The van der Waals surface area contributed by atoms with Crippen LogP contribution in [0.2, 0.25) is 0 Å². The minimum Gasteiger partial charge on any atom is -0.493 e. The Morgan fingerprint density at radius 3 is 2.67 bits per heavy atom. The van der Waals surface area contributed by atoms with Crippen molar-refractivity contribution in [1.82, 2.24) is 10.3 Å². The van der Waals surface area contributed by atoms with Crippen molar-refractivity contribution in [1.29, 1.82) is 0 Å². The van der Waals surface area contributed by atoms with Crippen molar-refractivity contribution in [3.05, 3.63) is 94.9 Å². The molecule has 1 atom stereocenters. The number of rotatable bonds is 5. The molecule has 0 amide bonds. The maximum Gasteiger partial charge on any atom is 0.161 e. The van der Waals surface area contributed by atoms with Gasteiger partial charge in [-0.3, -0.25) is 0 Å². The summed E-state index contributed by atoms with van der Waals surface area (Å²) in [5.74, 6) is 1.09. The highest BCUT2D eigenvalue weighted by Crippen LogP contribution is 2.37. The molecule has 5 rings (SSSR count). The van der Waals surface area contributed by atoms with Gasteiger partial charge in [-0.15, -0.1) is 0 Å². The predicted molar refractivity (Wildman–Crippen MR) is 116 cm³/mol. The second kappa shape index (κ2) is 7.84. The van der Waals surface area contributed by atoms with Crippen LogP contribution in [0.1, 0.15) is 28.4 Å². The van der Waals surface area contributed by atoms with Gasteiger partial charge in [0, 0.05) is 23.1 Å². The van der Waals surface area contributed by atoms with E-state index in [1.807, 2.05) is 12.1 Å². The number of fused-ring (bicyclic) bond motifs is 3. The molecule has 0 saturated carbocycles. The Morgan fingerprint density at radius 2 is 1.83 bits per heavy atom. The molecule has 0 aliphatic carbocycles. The zero-order valence-corrected chi connectivity index (χ0v) is 16.7. The highest BCUT2D eigenvalue weighted by Gasteiger charge is 2.25. The number of H-pyrrole nitrogens is 1. The molecule has 5 heteroatoms. The van der Waals surface area contributed by atoms with Gasteiger partial charge in [-0.2, -0.15) is 0 Å². The fourth-order valence-corrected chi connectivity index (χ4v) is 4.19. The van der Waals surface area contributed by atoms with Crippen LogP contribution in [0.3, 0.4) is 0 Å². The number of hydrogen-bond acceptors (Lipinski definition) is 3. The number of ether oxygens (including phenoxy) is 2. The zero-order valence-electron chi connectivity index (χ0n) is 16.7. The number of para-hydroxylation sites is 1. The lowest BCUT2D eigenvalue weighted by atomic mass is 9.94. The molecular weight excluding hydrogens is 379 g/mol. The number of nitrogens with one attached hydrogen (secondary N) is 2. The molecule has 0 radical (unpaired) electrons. The number of methoxy groups -OCH3 is 1. The molecule has 3 aromatic carbocycles. The van der Waals surface area contributed by atoms with Gasteiger partial charge in [0.1, 0.15) is 12.4 Å². The predicted octanol–water partition coefficient (Wildman–Crippen LogP) is 5.13. The third-order valence-electron chi connectivity index (χ3n) is 5.69. The molecule has 2 heterocycles. The number of halogens is 1. The van der Waals surface area contributed by atoms with Crippen molar-refractivity contribution < 1.29 is 13.9 Å². The Kier molecular flexibility index (Phi) is 4.89. The minimum absolute atomic E-state index is 0.0706. The number of aromatic amines is 1. The molecule has 2 N–H and O–H groups in total. The lowest BCUT2D eigenvalue weighted by Gasteiger charge is -2.25. The third-order valence-corrected chi connectivity index (χ3v) is 5.69. The fraction of sp³-hybridized carbons (Fsp3) is 0.200. The van der Waals surface area contributed by atoms with Crippen molar-refractivity contribution in [2.75, 3.05) is 13.7 Å². The van der Waals surface area contributed by atoms with Gasteiger partial charge in [0.05, 0.1) is 13.2 Å². The Morgan fingerprint density at radius 1 is 1.00 bits per heavy atom. The van der Waals surface area contributed by atoms with Crippen molar-refractivity contribution in [3.8, 4) is 11.5 Å². The van der Waals surface area contributed by atoms with Crippen LogP contribution in [0.15, 0.2) is 66.7 Å². The average Bonchev–Trinajstić information content (AvgIpc) is 3.17. The SMILES string of the molecule is COc1cc(C2NCCc3c2[nH]c2ccccc32)ccc1OCc1ccc(F)cc1. The summed E-state index contributed by atoms with van der Waals surface area (Å²) in [6.45, 7) is 1.27. The molecule has 4 aromatic rings. The Hall–Kier alpha value is -3.31. The maximum atomic E-state index is 13.1. The highest BCUT2D eigenvalue weighted by atomic mass is 19.1. The molecule has 1 aliphatic rings. The van der Waals surface area contributed by atoms with Crippen LogP contribution in [0.5, 0.6) is 11.5 Å². The zero-order chi connectivity index (χ0) is 20.5. The van der Waals surface area contributed by atoms with Gasteiger partial charge >= 0.3 is 0 Å². The monoisotopic (exact) mass is 402 g/mol. The largest absolute Gasteiger partial charge is 0.493 e. The summed E-state index contributed by atoms with van der Waals surface area (Å²) in [7, 11) is 1.65. The average molecular weight is 402 g/mol. The van der Waals surface area contributed by atoms with Gasteiger partial charge in [0.25, 0.3) is 0 Å². The summed E-state index contributed by atoms with van der Waals surface area (Å²) >= 11 is 0. The van der Waals surface area contributed by atoms with Crippen molar-refractivity contribution in [2.45, 2.75) is 19.1 Å². The van der Waals surface area contributed by atoms with Crippen LogP contribution >= 0.6 is 0 Å². The molecule has 0 fully saturated rings. The van der Waals surface area contributed by atoms with Gasteiger partial charge in [-0.05, 0) is 53.4 Å². The van der Waals surface area contributed by atoms with Gasteiger partial charge < -0.3 is 19.8 Å². The summed E-state index contributed by atoms with van der Waals surface area (Å²) in [6.07, 6.45) is 1.01. The second-order valence-electron chi connectivity index (χ2n) is 7.53. The molecular formula is C25H23FN2O2. The fourth-order valence-electron chi connectivity index (χ4n) is 4.19. The third kappa shape index (κ3) is 3.42. The first-order valence-electron chi connectivity index (χ1n) is 10.1. The van der Waals surface area contributed by atoms with Crippen LogP contribution in [-0.4, -0.2) is 18.6 Å². The highest BCUT2D eigenvalue weighted by molar-refractivity contribution is 5.85. The van der Waals surface area contributed by atoms with Crippen molar-refractivity contribution in [3.63, 3.8) is 0 Å². The molecule has 1 aromatic heterocycles. The molecule has 1 unspecified atom stereocenters. The van der Waals surface area contributed by atoms with Crippen molar-refractivity contribution >= 4 is 10.9 Å². The summed E-state index contributed by atoms with van der Waals surface area (Å²) in [5.41, 5.74) is 5.78. The molecule has 4 nitrogen and oxygen atoms in total. The second-order valence-corrected chi connectivity index (χ2v) is 7.53. The van der Waals surface area contributed by atoms with Crippen LogP contribution in [-0.2, 0) is 13.0 Å². The molecule has 0 bridgehead atoms. The van der Waals surface area contributed by atoms with Gasteiger partial charge in [-0.25, -0.2) is 4.39 Å². The van der Waals surface area contributed by atoms with Crippen LogP contribution in [0.4, 0.5) is 4.39 Å². The smallest absolute Gasteiger partial charge is 0.161 e. The first-order valence-corrected chi connectivity index (χ1v) is 10.1. The lowest BCUT2D eigenvalue weighted by molar-refractivity contribution is 0.284. The van der Waals surface area contributed by atoms with E-state index in [9.17, 15) is 4.39 Å². The molecule has 152 valence electrons. The van der Waals surface area contributed by atoms with E-state index in [4.69, 9.17) is 9.47 Å². The van der Waals surface area contributed by atoms with E-state index in [1.54, 1.807) is 19.2 Å². The van der Waals surface area contributed by atoms with Crippen LogP contribution in [0.25, 0.3) is 10.9 Å². The molecule has 0 saturated heterocycles. The Balaban J connectivity index is 1.43. The molecule has 1 aliphatic heterocycles. The normalized spacial score (nSPS) is 15.7. The number of benzene rings is 3. The Bertz CT molecular complexity index is 1180. The van der Waals surface area contributed by atoms with Gasteiger partial charge in [0.2, 0.25) is 0 Å². The van der Waals surface area contributed by atoms with E-state index in [0.29, 0.717) is 18.1 Å². The summed E-state index contributed by atoms with van der Waals surface area (Å²) in [6, 6.07) is 20.9. The summed E-state index contributed by atoms with van der Waals surface area (Å²) < 4.78 is 24.6. The van der Waals surface area contributed by atoms with E-state index < -0.39 is 0 Å². The quantitative estimate of drug-likeness (QED) is 0.487. The summed E-state index contributed by atoms with van der Waals surface area (Å²) in [5, 5.41) is 4.92. The summed E-state index contributed by atoms with van der Waals surface area (Å²) in [4.78, 5) is 3.60. The number of hydrogen-bond donors (Lipinski definition) is 2. The maximum absolute atomic E-state index is 13.1.